The van der Waals surface area contributed by atoms with Gasteiger partial charge in [0, 0.05) is 13.1 Å². The van der Waals surface area contributed by atoms with Crippen LogP contribution in [0.25, 0.3) is 0 Å². The molecule has 0 N–H and O–H groups in total. The smallest absolute Gasteiger partial charge is 0.410 e. The molecule has 1 aliphatic rings. The van der Waals surface area contributed by atoms with Crippen molar-refractivity contribution in [2.75, 3.05) is 19.9 Å². The minimum atomic E-state index is -0.260. The second-order valence-electron chi connectivity index (χ2n) is 5.30. The molecule has 0 spiro atoms. The maximum Gasteiger partial charge on any atom is 0.410 e. The zero-order valence-corrected chi connectivity index (χ0v) is 13.6. The first-order valence-corrected chi connectivity index (χ1v) is 8.04. The van der Waals surface area contributed by atoms with Crippen LogP contribution in [0.5, 0.6) is 11.5 Å². The van der Waals surface area contributed by atoms with Crippen molar-refractivity contribution in [1.82, 2.24) is 4.90 Å². The Balaban J connectivity index is 2.13. The zero-order valence-electron chi connectivity index (χ0n) is 13.6. The van der Waals surface area contributed by atoms with Crippen LogP contribution in [0.1, 0.15) is 51.7 Å². The minimum Gasteiger partial charge on any atom is -0.454 e. The number of ether oxygens (including phenoxy) is 3. The fraction of sp³-hybridized carbons (Fsp3) is 0.588. The molecule has 122 valence electrons. The van der Waals surface area contributed by atoms with E-state index in [0.29, 0.717) is 13.1 Å². The predicted octanol–water partition coefficient (Wildman–Crippen LogP) is 4.13. The van der Waals surface area contributed by atoms with E-state index < -0.39 is 0 Å². The molecule has 0 radical (unpaired) electrons. The van der Waals surface area contributed by atoms with Crippen molar-refractivity contribution in [1.29, 1.82) is 0 Å². The highest BCUT2D eigenvalue weighted by molar-refractivity contribution is 5.68. The number of hydrogen-bond acceptors (Lipinski definition) is 4. The van der Waals surface area contributed by atoms with Crippen molar-refractivity contribution < 1.29 is 19.0 Å². The summed E-state index contributed by atoms with van der Waals surface area (Å²) in [6.07, 6.45) is 2.36. The van der Waals surface area contributed by atoms with E-state index in [1.165, 1.54) is 0 Å². The third-order valence-electron chi connectivity index (χ3n) is 3.85. The van der Waals surface area contributed by atoms with Gasteiger partial charge in [-0.1, -0.05) is 19.4 Å². The molecule has 0 aromatic heterocycles. The molecule has 5 heteroatoms. The van der Waals surface area contributed by atoms with Crippen molar-refractivity contribution in [3.05, 3.63) is 23.8 Å². The van der Waals surface area contributed by atoms with E-state index in [9.17, 15) is 4.79 Å². The standard InChI is InChI=1S/C17H25NO4/c1-4-7-8-14(22-17(19)18(5-2)6-3)13-9-10-15-16(11-13)21-12-20-15/h9-11,14H,4-8,12H2,1-3H3. The lowest BCUT2D eigenvalue weighted by atomic mass is 10.0. The van der Waals surface area contributed by atoms with E-state index in [1.807, 2.05) is 32.0 Å². The molecule has 0 saturated carbocycles. The second kappa shape index (κ2) is 7.92. The fourth-order valence-corrected chi connectivity index (χ4v) is 2.47. The molecule has 0 saturated heterocycles. The molecule has 0 fully saturated rings. The summed E-state index contributed by atoms with van der Waals surface area (Å²) in [5.74, 6) is 1.46. The van der Waals surface area contributed by atoms with Crippen LogP contribution in [0.2, 0.25) is 0 Å². The predicted molar refractivity (Wildman–Crippen MR) is 84.2 cm³/mol. The van der Waals surface area contributed by atoms with Gasteiger partial charge in [0.25, 0.3) is 0 Å². The number of carbonyl (C=O) groups is 1. The quantitative estimate of drug-likeness (QED) is 0.760. The van der Waals surface area contributed by atoms with Crippen molar-refractivity contribution >= 4 is 6.09 Å². The molecule has 1 aromatic carbocycles. The van der Waals surface area contributed by atoms with E-state index in [-0.39, 0.29) is 19.0 Å². The average molecular weight is 307 g/mol. The number of unbranched alkanes of at least 4 members (excludes halogenated alkanes) is 1. The molecule has 5 nitrogen and oxygen atoms in total. The lowest BCUT2D eigenvalue weighted by Gasteiger charge is -2.24. The fourth-order valence-electron chi connectivity index (χ4n) is 2.47. The molecule has 1 aliphatic heterocycles. The van der Waals surface area contributed by atoms with Crippen molar-refractivity contribution in [3.63, 3.8) is 0 Å². The van der Waals surface area contributed by atoms with Crippen molar-refractivity contribution in [2.24, 2.45) is 0 Å². The maximum atomic E-state index is 12.2. The summed E-state index contributed by atoms with van der Waals surface area (Å²) in [7, 11) is 0. The van der Waals surface area contributed by atoms with Gasteiger partial charge >= 0.3 is 6.09 Å². The summed E-state index contributed by atoms with van der Waals surface area (Å²) in [6, 6.07) is 5.74. The van der Waals surface area contributed by atoms with Gasteiger partial charge in [-0.15, -0.1) is 0 Å². The van der Waals surface area contributed by atoms with Gasteiger partial charge in [-0.05, 0) is 44.4 Å². The highest BCUT2D eigenvalue weighted by Crippen LogP contribution is 2.36. The molecule has 2 rings (SSSR count). The van der Waals surface area contributed by atoms with Crippen LogP contribution in [0.4, 0.5) is 4.79 Å². The van der Waals surface area contributed by atoms with Crippen LogP contribution in [-0.2, 0) is 4.74 Å². The Bertz CT molecular complexity index is 499. The molecule has 1 heterocycles. The van der Waals surface area contributed by atoms with Gasteiger partial charge in [-0.2, -0.15) is 0 Å². The number of amides is 1. The van der Waals surface area contributed by atoms with Gasteiger partial charge in [0.1, 0.15) is 6.10 Å². The Morgan fingerprint density at radius 2 is 1.95 bits per heavy atom. The first-order valence-electron chi connectivity index (χ1n) is 8.04. The first-order chi connectivity index (χ1) is 10.7. The summed E-state index contributed by atoms with van der Waals surface area (Å²) in [4.78, 5) is 13.9. The summed E-state index contributed by atoms with van der Waals surface area (Å²) in [5.41, 5.74) is 0.957. The van der Waals surface area contributed by atoms with Crippen LogP contribution in [-0.4, -0.2) is 30.9 Å². The SMILES string of the molecule is CCCCC(OC(=O)N(CC)CC)c1ccc2c(c1)OCO2. The van der Waals surface area contributed by atoms with E-state index in [2.05, 4.69) is 6.92 Å². The molecule has 1 aromatic rings. The van der Waals surface area contributed by atoms with E-state index in [4.69, 9.17) is 14.2 Å². The van der Waals surface area contributed by atoms with Crippen LogP contribution in [0, 0.1) is 0 Å². The monoisotopic (exact) mass is 307 g/mol. The zero-order chi connectivity index (χ0) is 15.9. The molecule has 1 atom stereocenters. The molecule has 0 aliphatic carbocycles. The van der Waals surface area contributed by atoms with Crippen LogP contribution in [0.3, 0.4) is 0 Å². The third-order valence-corrected chi connectivity index (χ3v) is 3.85. The first kappa shape index (κ1) is 16.5. The summed E-state index contributed by atoms with van der Waals surface area (Å²) < 4.78 is 16.5. The Morgan fingerprint density at radius 1 is 1.23 bits per heavy atom. The number of fused-ring (bicyclic) bond motifs is 1. The van der Waals surface area contributed by atoms with Gasteiger partial charge in [-0.25, -0.2) is 4.79 Å². The lowest BCUT2D eigenvalue weighted by Crippen LogP contribution is -2.32. The van der Waals surface area contributed by atoms with Gasteiger partial charge in [0.15, 0.2) is 11.5 Å². The molecule has 22 heavy (non-hydrogen) atoms. The third kappa shape index (κ3) is 3.84. The van der Waals surface area contributed by atoms with Crippen LogP contribution in [0.15, 0.2) is 18.2 Å². The Hall–Kier alpha value is -1.91. The number of carbonyl (C=O) groups excluding carboxylic acids is 1. The Morgan fingerprint density at radius 3 is 2.64 bits per heavy atom. The molecular weight excluding hydrogens is 282 g/mol. The lowest BCUT2D eigenvalue weighted by molar-refractivity contribution is 0.0598. The number of rotatable bonds is 7. The summed E-state index contributed by atoms with van der Waals surface area (Å²) >= 11 is 0. The van der Waals surface area contributed by atoms with Crippen LogP contribution >= 0.6 is 0 Å². The highest BCUT2D eigenvalue weighted by atomic mass is 16.7. The van der Waals surface area contributed by atoms with Gasteiger partial charge in [0.2, 0.25) is 6.79 Å². The molecule has 0 bridgehead atoms. The van der Waals surface area contributed by atoms with Crippen LogP contribution < -0.4 is 9.47 Å². The maximum absolute atomic E-state index is 12.2. The largest absolute Gasteiger partial charge is 0.454 e. The number of benzene rings is 1. The molecule has 1 unspecified atom stereocenters. The normalized spacial score (nSPS) is 13.8. The number of nitrogens with zero attached hydrogens (tertiary/aromatic N) is 1. The Kier molecular flexibility index (Phi) is 5.92. The number of hydrogen-bond donors (Lipinski definition) is 0. The van der Waals surface area contributed by atoms with Crippen molar-refractivity contribution in [2.45, 2.75) is 46.1 Å². The molecular formula is C17H25NO4. The van der Waals surface area contributed by atoms with Gasteiger partial charge < -0.3 is 19.1 Å². The van der Waals surface area contributed by atoms with E-state index >= 15 is 0 Å². The topological polar surface area (TPSA) is 48.0 Å². The van der Waals surface area contributed by atoms with E-state index in [0.717, 1.165) is 36.3 Å². The van der Waals surface area contributed by atoms with E-state index in [1.54, 1.807) is 4.90 Å². The highest BCUT2D eigenvalue weighted by Gasteiger charge is 2.22. The van der Waals surface area contributed by atoms with Gasteiger partial charge in [-0.3, -0.25) is 0 Å². The Labute approximate surface area is 132 Å². The molecule has 1 amide bonds. The van der Waals surface area contributed by atoms with Gasteiger partial charge in [0.05, 0.1) is 0 Å². The summed E-state index contributed by atoms with van der Waals surface area (Å²) in [5, 5.41) is 0. The van der Waals surface area contributed by atoms with Crippen molar-refractivity contribution in [3.8, 4) is 11.5 Å². The summed E-state index contributed by atoms with van der Waals surface area (Å²) in [6.45, 7) is 7.58. The second-order valence-corrected chi connectivity index (χ2v) is 5.30. The minimum absolute atomic E-state index is 0.248. The average Bonchev–Trinajstić information content (AvgIpc) is 3.00.